The minimum absolute atomic E-state index is 0.0401. The molecule has 0 aliphatic heterocycles. The molecule has 0 bridgehead atoms. The Morgan fingerprint density at radius 2 is 2.08 bits per heavy atom. The number of fused-ring (bicyclic) bond motifs is 3. The second kappa shape index (κ2) is 6.26. The summed E-state index contributed by atoms with van der Waals surface area (Å²) in [6.45, 7) is 12.5. The van der Waals surface area contributed by atoms with E-state index >= 15 is 0 Å². The maximum Gasteiger partial charge on any atom is 0.302 e. The monoisotopic (exact) mass is 346 g/mol. The van der Waals surface area contributed by atoms with Crippen LogP contribution in [0.2, 0.25) is 0 Å². The molecule has 3 heteroatoms. The van der Waals surface area contributed by atoms with Crippen molar-refractivity contribution >= 4 is 5.97 Å². The highest BCUT2D eigenvalue weighted by Crippen LogP contribution is 2.63. The van der Waals surface area contributed by atoms with Crippen molar-refractivity contribution in [2.45, 2.75) is 72.3 Å². The lowest BCUT2D eigenvalue weighted by Gasteiger charge is -2.59. The predicted octanol–water partition coefficient (Wildman–Crippen LogP) is 4.66. The molecule has 1 N–H and O–H groups in total. The van der Waals surface area contributed by atoms with E-state index in [0.29, 0.717) is 11.8 Å². The van der Waals surface area contributed by atoms with Crippen LogP contribution in [0.15, 0.2) is 24.3 Å². The Morgan fingerprint density at radius 1 is 1.36 bits per heavy atom. The summed E-state index contributed by atoms with van der Waals surface area (Å²) in [6, 6.07) is 0. The van der Waals surface area contributed by atoms with Crippen LogP contribution in [0.3, 0.4) is 0 Å². The smallest absolute Gasteiger partial charge is 0.302 e. The Morgan fingerprint density at radius 3 is 2.68 bits per heavy atom. The van der Waals surface area contributed by atoms with Gasteiger partial charge in [-0.05, 0) is 61.2 Å². The molecular formula is C22H34O3. The van der Waals surface area contributed by atoms with Crippen LogP contribution in [-0.2, 0) is 9.53 Å². The maximum atomic E-state index is 11.5. The van der Waals surface area contributed by atoms with Gasteiger partial charge in [0.1, 0.15) is 6.10 Å². The van der Waals surface area contributed by atoms with Crippen molar-refractivity contribution in [2.24, 2.45) is 28.1 Å². The number of allylic oxidation sites excluding steroid dienone is 2. The summed E-state index contributed by atoms with van der Waals surface area (Å²) in [5, 5.41) is 10.2. The van der Waals surface area contributed by atoms with Gasteiger partial charge in [0.15, 0.2) is 0 Å². The first-order chi connectivity index (χ1) is 11.7. The SMILES string of the molecule is C=CC1(C)CCC2(C)C(CC=C3C2CCC(OC(C)=O)C3(C)CO)C1. The average Bonchev–Trinajstić information content (AvgIpc) is 2.58. The van der Waals surface area contributed by atoms with E-state index in [-0.39, 0.29) is 29.5 Å². The van der Waals surface area contributed by atoms with Crippen LogP contribution < -0.4 is 0 Å². The van der Waals surface area contributed by atoms with Gasteiger partial charge in [0.05, 0.1) is 6.61 Å². The van der Waals surface area contributed by atoms with Crippen LogP contribution >= 0.6 is 0 Å². The molecule has 0 amide bonds. The van der Waals surface area contributed by atoms with E-state index in [9.17, 15) is 9.90 Å². The molecule has 25 heavy (non-hydrogen) atoms. The van der Waals surface area contributed by atoms with Crippen molar-refractivity contribution in [3.8, 4) is 0 Å². The number of rotatable bonds is 3. The molecule has 2 saturated carbocycles. The molecule has 3 nitrogen and oxygen atoms in total. The standard InChI is InChI=1S/C22H34O3/c1-6-20(3)11-12-21(4)16(13-20)7-8-18-17(21)9-10-19(25-15(2)24)22(18,5)14-23/h6,8,16-17,19,23H,1,7,9-14H2,2-5H3. The summed E-state index contributed by atoms with van der Waals surface area (Å²) in [4.78, 5) is 11.5. The first-order valence-electron chi connectivity index (χ1n) is 9.81. The highest BCUT2D eigenvalue weighted by molar-refractivity contribution is 5.66. The lowest BCUT2D eigenvalue weighted by atomic mass is 9.46. The molecule has 3 rings (SSSR count). The fourth-order valence-electron chi connectivity index (χ4n) is 5.94. The number of ether oxygens (including phenoxy) is 1. The Kier molecular flexibility index (Phi) is 4.68. The van der Waals surface area contributed by atoms with Gasteiger partial charge in [-0.3, -0.25) is 4.79 Å². The van der Waals surface area contributed by atoms with E-state index in [2.05, 4.69) is 39.5 Å². The molecule has 6 unspecified atom stereocenters. The van der Waals surface area contributed by atoms with E-state index < -0.39 is 5.41 Å². The number of esters is 1. The Hall–Kier alpha value is -1.09. The first-order valence-corrected chi connectivity index (χ1v) is 9.81. The number of carbonyl (C=O) groups excluding carboxylic acids is 1. The normalized spacial score (nSPS) is 46.4. The maximum absolute atomic E-state index is 11.5. The zero-order valence-corrected chi connectivity index (χ0v) is 16.3. The van der Waals surface area contributed by atoms with E-state index in [1.165, 1.54) is 31.8 Å². The second-order valence-corrected chi connectivity index (χ2v) is 9.46. The van der Waals surface area contributed by atoms with Crippen LogP contribution in [0, 0.1) is 28.1 Å². The van der Waals surface area contributed by atoms with Crippen LogP contribution in [0.25, 0.3) is 0 Å². The highest BCUT2D eigenvalue weighted by Gasteiger charge is 2.56. The van der Waals surface area contributed by atoms with Crippen LogP contribution in [0.5, 0.6) is 0 Å². The molecule has 3 aliphatic rings. The molecule has 0 heterocycles. The first kappa shape index (κ1) is 18.7. The largest absolute Gasteiger partial charge is 0.462 e. The molecule has 3 aliphatic carbocycles. The molecule has 0 aromatic rings. The molecule has 0 aromatic heterocycles. The third-order valence-corrected chi connectivity index (χ3v) is 7.89. The zero-order valence-electron chi connectivity index (χ0n) is 16.3. The highest BCUT2D eigenvalue weighted by atomic mass is 16.5. The van der Waals surface area contributed by atoms with E-state index in [1.54, 1.807) is 0 Å². The van der Waals surface area contributed by atoms with Gasteiger partial charge in [-0.1, -0.05) is 38.5 Å². The van der Waals surface area contributed by atoms with Crippen LogP contribution in [0.4, 0.5) is 0 Å². The third-order valence-electron chi connectivity index (χ3n) is 7.89. The minimum atomic E-state index is -0.443. The summed E-state index contributed by atoms with van der Waals surface area (Å²) in [5.41, 5.74) is 1.44. The number of hydrogen-bond acceptors (Lipinski definition) is 3. The summed E-state index contributed by atoms with van der Waals surface area (Å²) in [7, 11) is 0. The fourth-order valence-corrected chi connectivity index (χ4v) is 5.94. The summed E-state index contributed by atoms with van der Waals surface area (Å²) in [6.07, 6.45) is 10.9. The van der Waals surface area contributed by atoms with Gasteiger partial charge in [-0.15, -0.1) is 6.58 Å². The number of carbonyl (C=O) groups is 1. The van der Waals surface area contributed by atoms with Gasteiger partial charge >= 0.3 is 5.97 Å². The summed E-state index contributed by atoms with van der Waals surface area (Å²) < 4.78 is 5.61. The number of aliphatic hydroxyl groups is 1. The topological polar surface area (TPSA) is 46.5 Å². The molecule has 0 saturated heterocycles. The van der Waals surface area contributed by atoms with Crippen LogP contribution in [0.1, 0.15) is 66.2 Å². The van der Waals surface area contributed by atoms with Crippen molar-refractivity contribution in [3.05, 3.63) is 24.3 Å². The van der Waals surface area contributed by atoms with Crippen LogP contribution in [-0.4, -0.2) is 23.8 Å². The van der Waals surface area contributed by atoms with Crippen molar-refractivity contribution in [1.29, 1.82) is 0 Å². The minimum Gasteiger partial charge on any atom is -0.462 e. The zero-order chi connectivity index (χ0) is 18.5. The molecule has 6 atom stereocenters. The molecule has 140 valence electrons. The lowest BCUT2D eigenvalue weighted by molar-refractivity contribution is -0.158. The van der Waals surface area contributed by atoms with E-state index in [0.717, 1.165) is 19.3 Å². The van der Waals surface area contributed by atoms with Gasteiger partial charge in [-0.2, -0.15) is 0 Å². The van der Waals surface area contributed by atoms with Gasteiger partial charge < -0.3 is 9.84 Å². The van der Waals surface area contributed by atoms with Gasteiger partial charge in [0.2, 0.25) is 0 Å². The lowest BCUT2D eigenvalue weighted by Crippen LogP contribution is -2.54. The number of aliphatic hydroxyl groups excluding tert-OH is 1. The van der Waals surface area contributed by atoms with Gasteiger partial charge in [0, 0.05) is 12.3 Å². The molecule has 0 radical (unpaired) electrons. The Labute approximate surface area is 152 Å². The van der Waals surface area contributed by atoms with Gasteiger partial charge in [0.25, 0.3) is 0 Å². The molecular weight excluding hydrogens is 312 g/mol. The van der Waals surface area contributed by atoms with E-state index in [1.807, 2.05) is 0 Å². The quantitative estimate of drug-likeness (QED) is 0.597. The van der Waals surface area contributed by atoms with Crippen molar-refractivity contribution < 1.29 is 14.6 Å². The molecule has 0 aromatic carbocycles. The number of hydrogen-bond donors (Lipinski definition) is 1. The Balaban J connectivity index is 1.94. The summed E-state index contributed by atoms with van der Waals surface area (Å²) >= 11 is 0. The van der Waals surface area contributed by atoms with Gasteiger partial charge in [-0.25, -0.2) is 0 Å². The van der Waals surface area contributed by atoms with Crippen molar-refractivity contribution in [1.82, 2.24) is 0 Å². The average molecular weight is 347 g/mol. The second-order valence-electron chi connectivity index (χ2n) is 9.46. The Bertz CT molecular complexity index is 594. The van der Waals surface area contributed by atoms with Crippen molar-refractivity contribution in [3.63, 3.8) is 0 Å². The predicted molar refractivity (Wildman–Crippen MR) is 99.9 cm³/mol. The summed E-state index contributed by atoms with van der Waals surface area (Å²) in [5.74, 6) is 0.916. The van der Waals surface area contributed by atoms with Crippen molar-refractivity contribution in [2.75, 3.05) is 6.61 Å². The molecule has 2 fully saturated rings. The fraction of sp³-hybridized carbons (Fsp3) is 0.773. The third kappa shape index (κ3) is 2.89. The molecule has 0 spiro atoms. The van der Waals surface area contributed by atoms with E-state index in [4.69, 9.17) is 4.74 Å².